The zero-order valence-electron chi connectivity index (χ0n) is 37.4. The lowest BCUT2D eigenvalue weighted by Crippen LogP contribution is -2.62. The number of amides is 3. The Morgan fingerprint density at radius 2 is 1.89 bits per heavy atom. The van der Waals surface area contributed by atoms with E-state index in [2.05, 4.69) is 59.6 Å². The van der Waals surface area contributed by atoms with E-state index in [4.69, 9.17) is 14.5 Å². The summed E-state index contributed by atoms with van der Waals surface area (Å²) in [5.74, 6) is -1.94. The van der Waals surface area contributed by atoms with Crippen LogP contribution in [0.2, 0.25) is 0 Å². The van der Waals surface area contributed by atoms with Crippen molar-refractivity contribution >= 4 is 34.6 Å². The Hall–Kier alpha value is -5.31. The Kier molecular flexibility index (Phi) is 13.4. The van der Waals surface area contributed by atoms with E-state index in [1.807, 2.05) is 39.0 Å². The van der Waals surface area contributed by atoms with Gasteiger partial charge in [-0.2, -0.15) is 0 Å². The number of carbonyl (C=O) groups excluding carboxylic acids is 4. The molecule has 3 aliphatic heterocycles. The lowest BCUT2D eigenvalue weighted by atomic mass is 9.84. The second-order valence-corrected chi connectivity index (χ2v) is 18.4. The number of methoxy groups -OCH3 is 1. The standard InChI is InChI=1S/C48H63N7O7/c1-9-54-40-15-14-31-24-36(40)37(43(54)35-12-10-17-50-41(35)29(4)61-8)25-48(5,6)27-62-47(60)38-13-11-19-55(52-38)46(59)39(22-30-20-33(31)23-34(56)21-30)51-44(57)42(28(2)3)53(7)45(58)32-16-18-49-26-32/h10,12,14-15,17,20-21,23-24,28-29,32,38-39,42,49,52,56H,9,11,13,16,18-19,22,25-27H2,1-8H3,(H,51,57)/t29-,32+,38-,39-,42-/m0/s1. The van der Waals surface area contributed by atoms with Gasteiger partial charge < -0.3 is 34.7 Å². The molecule has 3 aliphatic rings. The summed E-state index contributed by atoms with van der Waals surface area (Å²) in [6.07, 6.45) is 3.80. The highest BCUT2D eigenvalue weighted by atomic mass is 16.5. The molecule has 14 nitrogen and oxygen atoms in total. The number of hydrazine groups is 1. The van der Waals surface area contributed by atoms with Gasteiger partial charge in [0.15, 0.2) is 0 Å². The molecule has 62 heavy (non-hydrogen) atoms. The van der Waals surface area contributed by atoms with Crippen molar-refractivity contribution in [2.75, 3.05) is 40.4 Å². The highest BCUT2D eigenvalue weighted by Gasteiger charge is 2.39. The van der Waals surface area contributed by atoms with Crippen molar-refractivity contribution in [1.82, 2.24) is 35.5 Å². The molecule has 0 unspecified atom stereocenters. The molecule has 5 atom stereocenters. The third kappa shape index (κ3) is 9.23. The van der Waals surface area contributed by atoms with Crippen LogP contribution in [0, 0.1) is 17.3 Å². The lowest BCUT2D eigenvalue weighted by Gasteiger charge is -2.37. The number of pyridine rings is 1. The number of fused-ring (bicyclic) bond motifs is 6. The first-order chi connectivity index (χ1) is 29.6. The zero-order chi connectivity index (χ0) is 44.5. The molecule has 332 valence electrons. The average molecular weight is 850 g/mol. The topological polar surface area (TPSA) is 167 Å². The van der Waals surface area contributed by atoms with Crippen molar-refractivity contribution in [2.45, 2.75) is 104 Å². The SMILES string of the molecule is CCn1c(-c2cccnc2[C@H](C)OC)c2c3cc(ccc31)-c1cc(O)cc(c1)C[C@H](NC(=O)[C@H](C(C)C)N(C)C(=O)[C@@H]1CCNC1)C(=O)N1CCC[C@H](N1)C(=O)OCC(C)(C)C2. The maximum absolute atomic E-state index is 14.6. The van der Waals surface area contributed by atoms with Crippen LogP contribution in [0.3, 0.4) is 0 Å². The molecule has 7 rings (SSSR count). The molecule has 4 aromatic rings. The van der Waals surface area contributed by atoms with Crippen LogP contribution in [0.25, 0.3) is 33.3 Å². The van der Waals surface area contributed by atoms with Crippen LogP contribution < -0.4 is 16.1 Å². The molecule has 0 saturated carbocycles. The first-order valence-corrected chi connectivity index (χ1v) is 22.1. The van der Waals surface area contributed by atoms with Gasteiger partial charge in [-0.25, -0.2) is 5.43 Å². The predicted octanol–water partition coefficient (Wildman–Crippen LogP) is 5.54. The van der Waals surface area contributed by atoms with Crippen molar-refractivity contribution < 1.29 is 33.8 Å². The number of nitrogens with zero attached hydrogens (tertiary/aromatic N) is 4. The van der Waals surface area contributed by atoms with Crippen molar-refractivity contribution in [3.63, 3.8) is 0 Å². The molecular formula is C48H63N7O7. The Morgan fingerprint density at radius 1 is 1.10 bits per heavy atom. The number of nitrogens with one attached hydrogen (secondary N) is 3. The van der Waals surface area contributed by atoms with Gasteiger partial charge in [0, 0.05) is 68.3 Å². The predicted molar refractivity (Wildman–Crippen MR) is 238 cm³/mol. The van der Waals surface area contributed by atoms with E-state index in [0.717, 1.165) is 51.1 Å². The van der Waals surface area contributed by atoms with E-state index in [1.54, 1.807) is 32.5 Å². The van der Waals surface area contributed by atoms with Gasteiger partial charge >= 0.3 is 5.97 Å². The van der Waals surface area contributed by atoms with E-state index >= 15 is 0 Å². The number of likely N-dealkylation sites (N-methyl/N-ethyl adjacent to an activating group) is 1. The summed E-state index contributed by atoms with van der Waals surface area (Å²) >= 11 is 0. The van der Waals surface area contributed by atoms with E-state index in [1.165, 1.54) is 9.91 Å². The van der Waals surface area contributed by atoms with Crippen molar-refractivity contribution in [3.8, 4) is 28.1 Å². The van der Waals surface area contributed by atoms with Crippen molar-refractivity contribution in [1.29, 1.82) is 0 Å². The van der Waals surface area contributed by atoms with Crippen LogP contribution in [-0.2, 0) is 48.0 Å². The fourth-order valence-electron chi connectivity index (χ4n) is 9.54. The summed E-state index contributed by atoms with van der Waals surface area (Å²) in [6.45, 7) is 14.4. The summed E-state index contributed by atoms with van der Waals surface area (Å²) in [5.41, 5.74) is 9.72. The smallest absolute Gasteiger partial charge is 0.324 e. The quantitative estimate of drug-likeness (QED) is 0.157. The molecule has 0 radical (unpaired) electrons. The first kappa shape index (κ1) is 44.7. The molecule has 14 heteroatoms. The number of hydrogen-bond acceptors (Lipinski definition) is 10. The number of carbonyl (C=O) groups is 4. The number of aromatic nitrogens is 2. The van der Waals surface area contributed by atoms with E-state index in [-0.39, 0.29) is 42.6 Å². The monoisotopic (exact) mass is 849 g/mol. The highest BCUT2D eigenvalue weighted by molar-refractivity contribution is 5.96. The van der Waals surface area contributed by atoms with Gasteiger partial charge in [0.1, 0.15) is 23.9 Å². The second kappa shape index (κ2) is 18.6. The molecule has 2 aromatic heterocycles. The molecule has 5 heterocycles. The average Bonchev–Trinajstić information content (AvgIpc) is 3.90. The fraction of sp³-hybridized carbons (Fsp3) is 0.521. The first-order valence-electron chi connectivity index (χ1n) is 22.1. The van der Waals surface area contributed by atoms with Gasteiger partial charge in [-0.3, -0.25) is 29.2 Å². The number of hydrogen-bond donors (Lipinski definition) is 4. The van der Waals surface area contributed by atoms with Crippen LogP contribution in [0.1, 0.15) is 83.7 Å². The summed E-state index contributed by atoms with van der Waals surface area (Å²) in [7, 11) is 3.33. The van der Waals surface area contributed by atoms with Crippen molar-refractivity contribution in [3.05, 3.63) is 71.5 Å². The summed E-state index contributed by atoms with van der Waals surface area (Å²) in [5, 5.41) is 20.0. The number of ether oxygens (including phenoxy) is 2. The highest BCUT2D eigenvalue weighted by Crippen LogP contribution is 2.42. The van der Waals surface area contributed by atoms with Crippen LogP contribution in [-0.4, -0.2) is 107 Å². The Labute approximate surface area is 364 Å². The molecule has 2 aromatic carbocycles. The number of esters is 1. The Balaban J connectivity index is 1.35. The number of benzene rings is 2. The lowest BCUT2D eigenvalue weighted by molar-refractivity contribution is -0.155. The van der Waals surface area contributed by atoms with Gasteiger partial charge in [-0.1, -0.05) is 39.8 Å². The largest absolute Gasteiger partial charge is 0.508 e. The normalized spacial score (nSPS) is 21.6. The van der Waals surface area contributed by atoms with Gasteiger partial charge in [0.05, 0.1) is 30.0 Å². The molecular weight excluding hydrogens is 787 g/mol. The Morgan fingerprint density at radius 3 is 2.60 bits per heavy atom. The maximum atomic E-state index is 14.6. The zero-order valence-corrected chi connectivity index (χ0v) is 37.4. The third-order valence-corrected chi connectivity index (χ3v) is 12.8. The molecule has 0 spiro atoms. The molecule has 6 bridgehead atoms. The van der Waals surface area contributed by atoms with Crippen LogP contribution >= 0.6 is 0 Å². The third-order valence-electron chi connectivity index (χ3n) is 12.8. The van der Waals surface area contributed by atoms with Gasteiger partial charge in [0.25, 0.3) is 5.91 Å². The van der Waals surface area contributed by atoms with E-state index in [0.29, 0.717) is 50.9 Å². The molecule has 4 N–H and O–H groups in total. The van der Waals surface area contributed by atoms with Crippen LogP contribution in [0.15, 0.2) is 54.7 Å². The number of aryl methyl sites for hydroxylation is 1. The summed E-state index contributed by atoms with van der Waals surface area (Å²) in [6, 6.07) is 12.8. The van der Waals surface area contributed by atoms with Crippen LogP contribution in [0.4, 0.5) is 0 Å². The minimum atomic E-state index is -1.10. The van der Waals surface area contributed by atoms with E-state index in [9.17, 15) is 24.3 Å². The summed E-state index contributed by atoms with van der Waals surface area (Å²) < 4.78 is 14.2. The molecule has 3 amide bonds. The number of aromatic hydroxyl groups is 1. The number of phenolic OH excluding ortho intramolecular Hbond substituents is 1. The van der Waals surface area contributed by atoms with Gasteiger partial charge in [-0.05, 0) is 111 Å². The van der Waals surface area contributed by atoms with Crippen LogP contribution in [0.5, 0.6) is 5.75 Å². The van der Waals surface area contributed by atoms with Gasteiger partial charge in [0.2, 0.25) is 11.8 Å². The minimum Gasteiger partial charge on any atom is -0.508 e. The van der Waals surface area contributed by atoms with Gasteiger partial charge in [-0.15, -0.1) is 0 Å². The molecule has 0 aliphatic carbocycles. The van der Waals surface area contributed by atoms with Crippen molar-refractivity contribution in [2.24, 2.45) is 17.3 Å². The molecule has 2 saturated heterocycles. The summed E-state index contributed by atoms with van der Waals surface area (Å²) in [4.78, 5) is 62.7. The second-order valence-electron chi connectivity index (χ2n) is 18.4. The maximum Gasteiger partial charge on any atom is 0.324 e. The molecule has 2 fully saturated rings. The van der Waals surface area contributed by atoms with E-state index < -0.39 is 41.3 Å². The number of phenols is 1. The Bertz CT molecular complexity index is 2320. The number of cyclic esters (lactones) is 1. The minimum absolute atomic E-state index is 0.0146. The fourth-order valence-corrected chi connectivity index (χ4v) is 9.54. The number of rotatable bonds is 9.